The maximum absolute atomic E-state index is 5.61. The Morgan fingerprint density at radius 2 is 2.08 bits per heavy atom. The van der Waals surface area contributed by atoms with Gasteiger partial charge in [-0.1, -0.05) is 30.3 Å². The first-order chi connectivity index (χ1) is 6.40. The summed E-state index contributed by atoms with van der Waals surface area (Å²) in [5, 5.41) is 3.43. The highest BCUT2D eigenvalue weighted by atomic mass is 15.0. The zero-order valence-corrected chi connectivity index (χ0v) is 7.74. The fraction of sp³-hybridized carbons (Fsp3) is 0.455. The van der Waals surface area contributed by atoms with Gasteiger partial charge in [-0.2, -0.15) is 0 Å². The van der Waals surface area contributed by atoms with Crippen LogP contribution >= 0.6 is 0 Å². The summed E-state index contributed by atoms with van der Waals surface area (Å²) < 4.78 is 0. The van der Waals surface area contributed by atoms with Gasteiger partial charge in [-0.3, -0.25) is 0 Å². The van der Waals surface area contributed by atoms with E-state index in [1.807, 2.05) is 0 Å². The van der Waals surface area contributed by atoms with Crippen molar-refractivity contribution in [3.63, 3.8) is 0 Å². The second kappa shape index (κ2) is 3.90. The molecular formula is C11H16N2. The van der Waals surface area contributed by atoms with Crippen molar-refractivity contribution in [2.24, 2.45) is 5.73 Å². The molecule has 2 nitrogen and oxygen atoms in total. The predicted octanol–water partition coefficient (Wildman–Crippen LogP) is 1.09. The molecule has 3 N–H and O–H groups in total. The molecule has 70 valence electrons. The molecule has 1 aromatic carbocycles. The van der Waals surface area contributed by atoms with Gasteiger partial charge in [0.25, 0.3) is 0 Å². The molecule has 1 heterocycles. The van der Waals surface area contributed by atoms with Crippen LogP contribution < -0.4 is 11.1 Å². The largest absolute Gasteiger partial charge is 0.329 e. The lowest BCUT2D eigenvalue weighted by Crippen LogP contribution is -2.29. The summed E-state index contributed by atoms with van der Waals surface area (Å²) in [6.07, 6.45) is 1.18. The van der Waals surface area contributed by atoms with Crippen LogP contribution in [-0.4, -0.2) is 19.1 Å². The Bertz CT molecular complexity index is 258. The quantitative estimate of drug-likeness (QED) is 0.708. The van der Waals surface area contributed by atoms with Crippen LogP contribution in [-0.2, 0) is 0 Å². The van der Waals surface area contributed by atoms with Gasteiger partial charge in [-0.05, 0) is 17.9 Å². The van der Waals surface area contributed by atoms with E-state index in [2.05, 4.69) is 35.6 Å². The maximum atomic E-state index is 5.61. The highest BCUT2D eigenvalue weighted by Crippen LogP contribution is 2.24. The first-order valence-electron chi connectivity index (χ1n) is 4.88. The fourth-order valence-corrected chi connectivity index (χ4v) is 1.98. The Labute approximate surface area is 79.1 Å². The van der Waals surface area contributed by atoms with Crippen LogP contribution in [0.4, 0.5) is 0 Å². The normalized spacial score (nSPS) is 27.8. The number of benzene rings is 1. The fourth-order valence-electron chi connectivity index (χ4n) is 1.98. The third-order valence-corrected chi connectivity index (χ3v) is 2.78. The van der Waals surface area contributed by atoms with Crippen LogP contribution in [0.5, 0.6) is 0 Å². The number of hydrogen-bond donors (Lipinski definition) is 2. The van der Waals surface area contributed by atoms with Gasteiger partial charge in [-0.25, -0.2) is 0 Å². The van der Waals surface area contributed by atoms with Crippen molar-refractivity contribution < 1.29 is 0 Å². The standard InChI is InChI=1S/C11H16N2/c12-7-11-6-10(8-13-11)9-4-2-1-3-5-9/h1-5,10-11,13H,6-8,12H2/t10-,11-/m0/s1. The molecule has 1 aromatic rings. The van der Waals surface area contributed by atoms with Crippen LogP contribution in [0.1, 0.15) is 17.9 Å². The summed E-state index contributed by atoms with van der Waals surface area (Å²) in [4.78, 5) is 0. The third-order valence-electron chi connectivity index (χ3n) is 2.78. The van der Waals surface area contributed by atoms with Crippen molar-refractivity contribution in [3.05, 3.63) is 35.9 Å². The average Bonchev–Trinajstić information content (AvgIpc) is 2.67. The van der Waals surface area contributed by atoms with Crippen LogP contribution in [0.3, 0.4) is 0 Å². The lowest BCUT2D eigenvalue weighted by atomic mass is 9.96. The molecule has 0 amide bonds. The van der Waals surface area contributed by atoms with E-state index in [1.54, 1.807) is 0 Å². The van der Waals surface area contributed by atoms with Crippen molar-refractivity contribution in [1.29, 1.82) is 0 Å². The van der Waals surface area contributed by atoms with Gasteiger partial charge in [0.1, 0.15) is 0 Å². The Kier molecular flexibility index (Phi) is 2.62. The molecule has 0 aliphatic carbocycles. The lowest BCUT2D eigenvalue weighted by Gasteiger charge is -2.08. The Morgan fingerprint density at radius 3 is 2.69 bits per heavy atom. The summed E-state index contributed by atoms with van der Waals surface area (Å²) in [6.45, 7) is 1.83. The summed E-state index contributed by atoms with van der Waals surface area (Å²) in [5.41, 5.74) is 7.05. The molecular weight excluding hydrogens is 160 g/mol. The van der Waals surface area contributed by atoms with Crippen LogP contribution in [0.15, 0.2) is 30.3 Å². The Balaban J connectivity index is 2.04. The van der Waals surface area contributed by atoms with E-state index in [1.165, 1.54) is 12.0 Å². The van der Waals surface area contributed by atoms with Gasteiger partial charge in [0.05, 0.1) is 0 Å². The van der Waals surface area contributed by atoms with E-state index >= 15 is 0 Å². The minimum Gasteiger partial charge on any atom is -0.329 e. The van der Waals surface area contributed by atoms with E-state index < -0.39 is 0 Å². The molecule has 13 heavy (non-hydrogen) atoms. The van der Waals surface area contributed by atoms with E-state index in [0.29, 0.717) is 12.0 Å². The molecule has 1 aliphatic rings. The smallest absolute Gasteiger partial charge is 0.0196 e. The van der Waals surface area contributed by atoms with Crippen LogP contribution in [0.2, 0.25) is 0 Å². The van der Waals surface area contributed by atoms with Crippen molar-refractivity contribution in [2.75, 3.05) is 13.1 Å². The van der Waals surface area contributed by atoms with E-state index in [0.717, 1.165) is 13.1 Å². The molecule has 1 fully saturated rings. The summed E-state index contributed by atoms with van der Waals surface area (Å²) in [5.74, 6) is 0.662. The summed E-state index contributed by atoms with van der Waals surface area (Å²) in [6, 6.07) is 11.2. The molecule has 2 heteroatoms. The second-order valence-corrected chi connectivity index (χ2v) is 3.68. The van der Waals surface area contributed by atoms with Gasteiger partial charge in [0, 0.05) is 19.1 Å². The zero-order valence-electron chi connectivity index (χ0n) is 7.74. The number of nitrogens with two attached hydrogens (primary N) is 1. The van der Waals surface area contributed by atoms with Gasteiger partial charge >= 0.3 is 0 Å². The molecule has 1 saturated heterocycles. The van der Waals surface area contributed by atoms with Crippen LogP contribution in [0, 0.1) is 0 Å². The summed E-state index contributed by atoms with van der Waals surface area (Å²) >= 11 is 0. The average molecular weight is 176 g/mol. The summed E-state index contributed by atoms with van der Waals surface area (Å²) in [7, 11) is 0. The van der Waals surface area contributed by atoms with Crippen LogP contribution in [0.25, 0.3) is 0 Å². The van der Waals surface area contributed by atoms with Crippen molar-refractivity contribution in [3.8, 4) is 0 Å². The second-order valence-electron chi connectivity index (χ2n) is 3.68. The van der Waals surface area contributed by atoms with Gasteiger partial charge in [0.15, 0.2) is 0 Å². The van der Waals surface area contributed by atoms with Gasteiger partial charge < -0.3 is 11.1 Å². The van der Waals surface area contributed by atoms with E-state index in [9.17, 15) is 0 Å². The van der Waals surface area contributed by atoms with Crippen molar-refractivity contribution >= 4 is 0 Å². The first-order valence-corrected chi connectivity index (χ1v) is 4.88. The molecule has 0 aromatic heterocycles. The molecule has 0 saturated carbocycles. The Hall–Kier alpha value is -0.860. The van der Waals surface area contributed by atoms with Crippen molar-refractivity contribution in [2.45, 2.75) is 18.4 Å². The highest BCUT2D eigenvalue weighted by molar-refractivity contribution is 5.21. The molecule has 0 spiro atoms. The predicted molar refractivity (Wildman–Crippen MR) is 54.6 cm³/mol. The first kappa shape index (κ1) is 8.73. The molecule has 0 radical (unpaired) electrons. The topological polar surface area (TPSA) is 38.0 Å². The monoisotopic (exact) mass is 176 g/mol. The van der Waals surface area contributed by atoms with Crippen molar-refractivity contribution in [1.82, 2.24) is 5.32 Å². The molecule has 2 atom stereocenters. The van der Waals surface area contributed by atoms with Gasteiger partial charge in [0.2, 0.25) is 0 Å². The Morgan fingerprint density at radius 1 is 1.31 bits per heavy atom. The van der Waals surface area contributed by atoms with E-state index in [-0.39, 0.29) is 0 Å². The maximum Gasteiger partial charge on any atom is 0.0196 e. The molecule has 0 unspecified atom stereocenters. The zero-order chi connectivity index (χ0) is 9.10. The third kappa shape index (κ3) is 1.90. The SMILES string of the molecule is NC[C@@H]1C[C@H](c2ccccc2)CN1. The minimum atomic E-state index is 0.519. The van der Waals surface area contributed by atoms with E-state index in [4.69, 9.17) is 5.73 Å². The molecule has 1 aliphatic heterocycles. The number of hydrogen-bond acceptors (Lipinski definition) is 2. The number of nitrogens with one attached hydrogen (secondary N) is 1. The van der Waals surface area contributed by atoms with Gasteiger partial charge in [-0.15, -0.1) is 0 Å². The number of rotatable bonds is 2. The lowest BCUT2D eigenvalue weighted by molar-refractivity contribution is 0.611. The molecule has 2 rings (SSSR count). The highest BCUT2D eigenvalue weighted by Gasteiger charge is 2.23. The minimum absolute atomic E-state index is 0.519. The molecule has 0 bridgehead atoms.